The van der Waals surface area contributed by atoms with E-state index in [1.165, 1.54) is 5.22 Å². The molecule has 0 aliphatic heterocycles. The summed E-state index contributed by atoms with van der Waals surface area (Å²) >= 11 is 0. The van der Waals surface area contributed by atoms with Crippen LogP contribution in [0.4, 0.5) is 0 Å². The van der Waals surface area contributed by atoms with Gasteiger partial charge in [0.15, 0.2) is 0 Å². The van der Waals surface area contributed by atoms with Crippen LogP contribution in [0.25, 0.3) is 11.6 Å². The molecule has 0 spiro atoms. The highest BCUT2D eigenvalue weighted by Crippen LogP contribution is 2.39. The first kappa shape index (κ1) is 17.4. The second-order valence-corrected chi connectivity index (χ2v) is 7.17. The Kier molecular flexibility index (Phi) is 5.03. The van der Waals surface area contributed by atoms with Crippen molar-refractivity contribution in [3.8, 4) is 5.75 Å². The van der Waals surface area contributed by atoms with E-state index in [0.29, 0.717) is 5.92 Å². The van der Waals surface area contributed by atoms with Crippen molar-refractivity contribution >= 4 is 11.6 Å². The van der Waals surface area contributed by atoms with Crippen molar-refractivity contribution in [2.45, 2.75) is 45.6 Å². The molecular weight excluding hydrogens is 308 g/mol. The van der Waals surface area contributed by atoms with Gasteiger partial charge in [-0.3, -0.25) is 0 Å². The summed E-state index contributed by atoms with van der Waals surface area (Å²) in [6.45, 7) is 10.3. The minimum atomic E-state index is 0.0165. The first-order valence-corrected chi connectivity index (χ1v) is 8.90. The average Bonchev–Trinajstić information content (AvgIpc) is 3.37. The Morgan fingerprint density at radius 1 is 1.36 bits per heavy atom. The summed E-state index contributed by atoms with van der Waals surface area (Å²) in [4.78, 5) is 8.43. The van der Waals surface area contributed by atoms with Gasteiger partial charge in [-0.1, -0.05) is 25.1 Å². The van der Waals surface area contributed by atoms with Crippen molar-refractivity contribution in [1.29, 1.82) is 0 Å². The van der Waals surface area contributed by atoms with Crippen LogP contribution in [0.15, 0.2) is 49.4 Å². The van der Waals surface area contributed by atoms with Gasteiger partial charge in [-0.05, 0) is 73.2 Å². The van der Waals surface area contributed by atoms with Crippen molar-refractivity contribution < 1.29 is 4.74 Å². The van der Waals surface area contributed by atoms with E-state index in [2.05, 4.69) is 61.6 Å². The van der Waals surface area contributed by atoms with Crippen LogP contribution in [0.2, 0.25) is 0 Å². The van der Waals surface area contributed by atoms with Gasteiger partial charge in [0.1, 0.15) is 17.7 Å². The maximum absolute atomic E-state index is 6.17. The Morgan fingerprint density at radius 2 is 2.16 bits per heavy atom. The lowest BCUT2D eigenvalue weighted by atomic mass is 10.0. The van der Waals surface area contributed by atoms with Crippen LogP contribution in [0.5, 0.6) is 5.75 Å². The highest BCUT2D eigenvalue weighted by Gasteiger charge is 2.39. The van der Waals surface area contributed by atoms with E-state index >= 15 is 0 Å². The van der Waals surface area contributed by atoms with E-state index in [4.69, 9.17) is 4.74 Å². The Balaban J connectivity index is 2.10. The molecule has 0 saturated heterocycles. The van der Waals surface area contributed by atoms with Crippen LogP contribution in [0, 0.1) is 5.92 Å². The molecule has 1 unspecified atom stereocenters. The fourth-order valence-electron chi connectivity index (χ4n) is 2.72. The van der Waals surface area contributed by atoms with E-state index in [0.717, 1.165) is 41.5 Å². The third-order valence-corrected chi connectivity index (χ3v) is 4.83. The smallest absolute Gasteiger partial charge is 0.120 e. The quantitative estimate of drug-likeness (QED) is 0.757. The zero-order valence-corrected chi connectivity index (χ0v) is 15.3. The topological polar surface area (TPSA) is 35.0 Å². The molecule has 1 aromatic heterocycles. The molecule has 3 rings (SSSR count). The van der Waals surface area contributed by atoms with Gasteiger partial charge in [0.2, 0.25) is 0 Å². The highest BCUT2D eigenvalue weighted by molar-refractivity contribution is 5.61. The Morgan fingerprint density at radius 3 is 2.80 bits per heavy atom. The maximum atomic E-state index is 6.17. The van der Waals surface area contributed by atoms with Gasteiger partial charge >= 0.3 is 0 Å². The van der Waals surface area contributed by atoms with Crippen molar-refractivity contribution in [2.24, 2.45) is 5.92 Å². The minimum absolute atomic E-state index is 0.0165. The van der Waals surface area contributed by atoms with Gasteiger partial charge in [0, 0.05) is 6.20 Å². The maximum Gasteiger partial charge on any atom is 0.120 e. The zero-order chi connectivity index (χ0) is 17.9. The number of benzene rings is 1. The van der Waals surface area contributed by atoms with Crippen molar-refractivity contribution in [3.63, 3.8) is 0 Å². The molecule has 1 atom stereocenters. The van der Waals surface area contributed by atoms with Crippen LogP contribution >= 0.6 is 0 Å². The molecule has 1 aromatic carbocycles. The SMILES string of the molecule is C=CC(C)CC=c1ccc(OC2(C)CC2)cc1=C(C)c1ccncn1. The molecule has 3 nitrogen and oxygen atoms in total. The second-order valence-electron chi connectivity index (χ2n) is 7.17. The number of nitrogens with zero attached hydrogens (tertiary/aromatic N) is 2. The van der Waals surface area contributed by atoms with E-state index in [1.54, 1.807) is 12.5 Å². The monoisotopic (exact) mass is 334 g/mol. The standard InChI is InChI=1S/C22H26N2O/c1-5-16(2)6-7-18-8-9-19(25-22(4)11-12-22)14-20(18)17(3)21-10-13-23-15-24-21/h5,7-10,13-16H,1,6,11-12H2,2-4H3. The summed E-state index contributed by atoms with van der Waals surface area (Å²) < 4.78 is 6.17. The lowest BCUT2D eigenvalue weighted by molar-refractivity contribution is 0.200. The largest absolute Gasteiger partial charge is 0.488 e. The predicted molar refractivity (Wildman–Crippen MR) is 103 cm³/mol. The number of aromatic nitrogens is 2. The van der Waals surface area contributed by atoms with E-state index in [9.17, 15) is 0 Å². The molecular formula is C22H26N2O. The second kappa shape index (κ2) is 7.22. The fourth-order valence-corrected chi connectivity index (χ4v) is 2.72. The molecule has 0 radical (unpaired) electrons. The predicted octanol–water partition coefficient (Wildman–Crippen LogP) is 3.62. The van der Waals surface area contributed by atoms with E-state index < -0.39 is 0 Å². The molecule has 1 heterocycles. The average molecular weight is 334 g/mol. The zero-order valence-electron chi connectivity index (χ0n) is 15.3. The summed E-state index contributed by atoms with van der Waals surface area (Å²) in [5, 5.41) is 2.37. The number of hydrogen-bond acceptors (Lipinski definition) is 3. The molecule has 0 amide bonds. The fraction of sp³-hybridized carbons (Fsp3) is 0.364. The Hall–Kier alpha value is -2.42. The highest BCUT2D eigenvalue weighted by atomic mass is 16.5. The van der Waals surface area contributed by atoms with Gasteiger partial charge in [0.25, 0.3) is 0 Å². The molecule has 2 aromatic rings. The van der Waals surface area contributed by atoms with Crippen LogP contribution in [-0.4, -0.2) is 15.6 Å². The van der Waals surface area contributed by atoms with Crippen LogP contribution in [0.3, 0.4) is 0 Å². The van der Waals surface area contributed by atoms with Gasteiger partial charge in [0.05, 0.1) is 5.69 Å². The third-order valence-electron chi connectivity index (χ3n) is 4.83. The molecule has 1 saturated carbocycles. The summed E-state index contributed by atoms with van der Waals surface area (Å²) in [6.07, 6.45) is 10.8. The number of hydrogen-bond donors (Lipinski definition) is 0. The molecule has 25 heavy (non-hydrogen) atoms. The number of allylic oxidation sites excluding steroid dienone is 1. The number of ether oxygens (including phenoxy) is 1. The molecule has 1 fully saturated rings. The van der Waals surface area contributed by atoms with Gasteiger partial charge in [-0.25, -0.2) is 9.97 Å². The summed E-state index contributed by atoms with van der Waals surface area (Å²) in [6, 6.07) is 8.31. The normalized spacial score (nSPS) is 18.4. The van der Waals surface area contributed by atoms with E-state index in [-0.39, 0.29) is 5.60 Å². The molecule has 1 aliphatic carbocycles. The van der Waals surface area contributed by atoms with Crippen LogP contribution in [0.1, 0.15) is 45.7 Å². The molecule has 1 aliphatic rings. The van der Waals surface area contributed by atoms with Crippen LogP contribution in [-0.2, 0) is 0 Å². The summed E-state index contributed by atoms with van der Waals surface area (Å²) in [5.74, 6) is 1.38. The summed E-state index contributed by atoms with van der Waals surface area (Å²) in [5.41, 5.74) is 2.09. The molecule has 0 bridgehead atoms. The lowest BCUT2D eigenvalue weighted by Crippen LogP contribution is -2.28. The van der Waals surface area contributed by atoms with Gasteiger partial charge in [-0.15, -0.1) is 6.58 Å². The molecule has 3 heteroatoms. The molecule has 0 N–H and O–H groups in total. The summed E-state index contributed by atoms with van der Waals surface area (Å²) in [7, 11) is 0. The van der Waals surface area contributed by atoms with Crippen molar-refractivity contribution in [3.05, 3.63) is 65.6 Å². The first-order valence-electron chi connectivity index (χ1n) is 8.90. The van der Waals surface area contributed by atoms with Gasteiger partial charge in [-0.2, -0.15) is 0 Å². The Labute approximate surface area is 149 Å². The Bertz CT molecular complexity index is 867. The minimum Gasteiger partial charge on any atom is -0.488 e. The van der Waals surface area contributed by atoms with E-state index in [1.807, 2.05) is 12.1 Å². The lowest BCUT2D eigenvalue weighted by Gasteiger charge is -2.13. The first-order chi connectivity index (χ1) is 12.0. The number of rotatable bonds is 6. The van der Waals surface area contributed by atoms with Crippen molar-refractivity contribution in [2.75, 3.05) is 0 Å². The van der Waals surface area contributed by atoms with Gasteiger partial charge < -0.3 is 4.74 Å². The molecule has 130 valence electrons. The van der Waals surface area contributed by atoms with Crippen molar-refractivity contribution in [1.82, 2.24) is 9.97 Å². The van der Waals surface area contributed by atoms with Crippen LogP contribution < -0.4 is 15.2 Å². The third kappa shape index (κ3) is 4.36.